The molecular weight excluding hydrogens is 248 g/mol. The number of ether oxygens (including phenoxy) is 1. The van der Waals surface area contributed by atoms with Crippen molar-refractivity contribution >= 4 is 12.2 Å². The van der Waals surface area contributed by atoms with E-state index in [2.05, 4.69) is 36.2 Å². The molecule has 1 aromatic carbocycles. The Labute approximate surface area is 111 Å². The summed E-state index contributed by atoms with van der Waals surface area (Å²) in [6.45, 7) is 4.59. The summed E-state index contributed by atoms with van der Waals surface area (Å²) in [4.78, 5) is 0. The summed E-state index contributed by atoms with van der Waals surface area (Å²) in [7, 11) is 0. The average Bonchev–Trinajstić information content (AvgIpc) is 2.68. The number of rotatable bonds is 4. The van der Waals surface area contributed by atoms with Gasteiger partial charge in [0.15, 0.2) is 5.82 Å². The molecule has 0 amide bonds. The van der Waals surface area contributed by atoms with Crippen molar-refractivity contribution < 1.29 is 4.74 Å². The molecule has 0 aliphatic heterocycles. The molecule has 0 bridgehead atoms. The summed E-state index contributed by atoms with van der Waals surface area (Å²) >= 11 is 4.92. The Morgan fingerprint density at radius 3 is 2.56 bits per heavy atom. The highest BCUT2D eigenvalue weighted by atomic mass is 32.1. The van der Waals surface area contributed by atoms with E-state index in [-0.39, 0.29) is 6.61 Å². The second kappa shape index (κ2) is 5.22. The highest BCUT2D eigenvalue weighted by molar-refractivity contribution is 7.71. The summed E-state index contributed by atoms with van der Waals surface area (Å²) in [6.07, 6.45) is 0. The quantitative estimate of drug-likeness (QED) is 0.657. The van der Waals surface area contributed by atoms with Gasteiger partial charge in [0.1, 0.15) is 12.4 Å². The molecule has 0 radical (unpaired) electrons. The monoisotopic (exact) mass is 264 g/mol. The van der Waals surface area contributed by atoms with Gasteiger partial charge >= 0.3 is 0 Å². The molecule has 0 atom stereocenters. The van der Waals surface area contributed by atoms with Crippen LogP contribution in [-0.2, 0) is 6.61 Å². The van der Waals surface area contributed by atoms with E-state index in [0.717, 1.165) is 5.75 Å². The molecule has 2 aromatic rings. The number of nitrogen functional groups attached to an aromatic ring is 1. The van der Waals surface area contributed by atoms with Gasteiger partial charge in [0, 0.05) is 0 Å². The lowest BCUT2D eigenvalue weighted by Gasteiger charge is -2.08. The zero-order valence-corrected chi connectivity index (χ0v) is 11.2. The summed E-state index contributed by atoms with van der Waals surface area (Å²) in [5.74, 6) is 7.53. The third kappa shape index (κ3) is 2.70. The van der Waals surface area contributed by atoms with Crippen LogP contribution in [0.3, 0.4) is 0 Å². The number of hydrogen-bond donors (Lipinski definition) is 2. The zero-order valence-electron chi connectivity index (χ0n) is 10.4. The second-order valence-corrected chi connectivity index (χ2v) is 4.71. The Hall–Kier alpha value is -1.82. The summed E-state index contributed by atoms with van der Waals surface area (Å²) < 4.78 is 7.27. The predicted molar refractivity (Wildman–Crippen MR) is 72.4 cm³/mol. The van der Waals surface area contributed by atoms with Crippen LogP contribution in [0.15, 0.2) is 24.3 Å². The summed E-state index contributed by atoms with van der Waals surface area (Å²) in [5, 5.41) is 6.58. The molecule has 1 aromatic heterocycles. The number of nitrogens with two attached hydrogens (primary N) is 1. The third-order valence-corrected chi connectivity index (χ3v) is 2.98. The topological polar surface area (TPSA) is 68.9 Å². The van der Waals surface area contributed by atoms with Crippen LogP contribution >= 0.6 is 12.2 Å². The van der Waals surface area contributed by atoms with Crippen LogP contribution in [0.4, 0.5) is 0 Å². The van der Waals surface area contributed by atoms with E-state index >= 15 is 0 Å². The molecule has 18 heavy (non-hydrogen) atoms. The first kappa shape index (κ1) is 12.6. The Morgan fingerprint density at radius 2 is 2.06 bits per heavy atom. The maximum absolute atomic E-state index is 5.67. The standard InChI is InChI=1S/C12H16N4OS/c1-8(2)9-3-5-10(6-4-9)17-7-11-14-15-12(18)16(11)13/h3-6,8H,7,13H2,1-2H3,(H,15,18). The van der Waals surface area contributed by atoms with E-state index in [0.29, 0.717) is 16.5 Å². The lowest BCUT2D eigenvalue weighted by atomic mass is 10.0. The molecule has 5 nitrogen and oxygen atoms in total. The molecular formula is C12H16N4OS. The van der Waals surface area contributed by atoms with Crippen LogP contribution < -0.4 is 10.6 Å². The van der Waals surface area contributed by atoms with Crippen LogP contribution in [0.25, 0.3) is 0 Å². The van der Waals surface area contributed by atoms with Gasteiger partial charge in [-0.15, -0.1) is 0 Å². The average molecular weight is 264 g/mol. The number of benzene rings is 1. The molecule has 0 saturated carbocycles. The number of nitrogens with zero attached hydrogens (tertiary/aromatic N) is 2. The van der Waals surface area contributed by atoms with Crippen molar-refractivity contribution in [2.24, 2.45) is 0 Å². The van der Waals surface area contributed by atoms with Crippen LogP contribution in [0.2, 0.25) is 0 Å². The Kier molecular flexibility index (Phi) is 3.66. The SMILES string of the molecule is CC(C)c1ccc(OCc2n[nH]c(=S)n2N)cc1. The fourth-order valence-electron chi connectivity index (χ4n) is 1.54. The first-order valence-corrected chi connectivity index (χ1v) is 6.13. The van der Waals surface area contributed by atoms with Crippen molar-refractivity contribution in [3.05, 3.63) is 40.4 Å². The van der Waals surface area contributed by atoms with Crippen molar-refractivity contribution in [2.45, 2.75) is 26.4 Å². The lowest BCUT2D eigenvalue weighted by molar-refractivity contribution is 0.292. The minimum atomic E-state index is 0.282. The first-order valence-electron chi connectivity index (χ1n) is 5.72. The fraction of sp³-hybridized carbons (Fsp3) is 0.333. The smallest absolute Gasteiger partial charge is 0.214 e. The largest absolute Gasteiger partial charge is 0.486 e. The number of aromatic nitrogens is 3. The molecule has 96 valence electrons. The van der Waals surface area contributed by atoms with Crippen LogP contribution in [0.1, 0.15) is 31.2 Å². The molecule has 6 heteroatoms. The van der Waals surface area contributed by atoms with Crippen LogP contribution in [0, 0.1) is 4.77 Å². The highest BCUT2D eigenvalue weighted by Gasteiger charge is 2.04. The molecule has 0 aliphatic rings. The molecule has 3 N–H and O–H groups in total. The van der Waals surface area contributed by atoms with Crippen molar-refractivity contribution in [3.8, 4) is 5.75 Å². The Balaban J connectivity index is 2.02. The highest BCUT2D eigenvalue weighted by Crippen LogP contribution is 2.19. The number of hydrogen-bond acceptors (Lipinski definition) is 4. The molecule has 0 fully saturated rings. The minimum absolute atomic E-state index is 0.282. The van der Waals surface area contributed by atoms with E-state index in [1.807, 2.05) is 12.1 Å². The van der Waals surface area contributed by atoms with Gasteiger partial charge < -0.3 is 10.6 Å². The van der Waals surface area contributed by atoms with Gasteiger partial charge in [-0.1, -0.05) is 26.0 Å². The van der Waals surface area contributed by atoms with E-state index in [9.17, 15) is 0 Å². The Bertz CT molecular complexity index is 571. The van der Waals surface area contributed by atoms with Gasteiger partial charge in [-0.2, -0.15) is 5.10 Å². The van der Waals surface area contributed by atoms with Gasteiger partial charge in [0.2, 0.25) is 4.77 Å². The van der Waals surface area contributed by atoms with Gasteiger partial charge in [0.25, 0.3) is 0 Å². The first-order chi connectivity index (χ1) is 8.58. The molecule has 0 aliphatic carbocycles. The normalized spacial score (nSPS) is 10.8. The number of H-pyrrole nitrogens is 1. The molecule has 0 unspecified atom stereocenters. The summed E-state index contributed by atoms with van der Waals surface area (Å²) in [5.41, 5.74) is 1.28. The summed E-state index contributed by atoms with van der Waals surface area (Å²) in [6, 6.07) is 7.99. The van der Waals surface area contributed by atoms with E-state index in [1.54, 1.807) is 0 Å². The van der Waals surface area contributed by atoms with Crippen molar-refractivity contribution in [1.29, 1.82) is 0 Å². The molecule has 2 rings (SSSR count). The maximum atomic E-state index is 5.67. The lowest BCUT2D eigenvalue weighted by Crippen LogP contribution is -2.14. The zero-order chi connectivity index (χ0) is 13.1. The maximum Gasteiger partial charge on any atom is 0.214 e. The van der Waals surface area contributed by atoms with E-state index in [1.165, 1.54) is 10.2 Å². The molecule has 0 saturated heterocycles. The molecule has 1 heterocycles. The van der Waals surface area contributed by atoms with Gasteiger partial charge in [0.05, 0.1) is 0 Å². The molecule has 0 spiro atoms. The minimum Gasteiger partial charge on any atom is -0.486 e. The number of aromatic amines is 1. The van der Waals surface area contributed by atoms with Gasteiger partial charge in [-0.25, -0.2) is 4.68 Å². The predicted octanol–water partition coefficient (Wildman–Crippen LogP) is 2.36. The van der Waals surface area contributed by atoms with Crippen LogP contribution in [-0.4, -0.2) is 14.9 Å². The van der Waals surface area contributed by atoms with Gasteiger partial charge in [-0.05, 0) is 35.8 Å². The third-order valence-electron chi connectivity index (χ3n) is 2.69. The van der Waals surface area contributed by atoms with Gasteiger partial charge in [-0.3, -0.25) is 5.10 Å². The van der Waals surface area contributed by atoms with Crippen molar-refractivity contribution in [2.75, 3.05) is 5.84 Å². The van der Waals surface area contributed by atoms with E-state index in [4.69, 9.17) is 22.8 Å². The van der Waals surface area contributed by atoms with Crippen molar-refractivity contribution in [3.63, 3.8) is 0 Å². The van der Waals surface area contributed by atoms with Crippen LogP contribution in [0.5, 0.6) is 5.75 Å². The fourth-order valence-corrected chi connectivity index (χ4v) is 1.69. The van der Waals surface area contributed by atoms with Crippen molar-refractivity contribution in [1.82, 2.24) is 14.9 Å². The Morgan fingerprint density at radius 1 is 1.39 bits per heavy atom. The second-order valence-electron chi connectivity index (χ2n) is 4.33. The van der Waals surface area contributed by atoms with E-state index < -0.39 is 0 Å². The number of nitrogens with one attached hydrogen (secondary N) is 1.